The van der Waals surface area contributed by atoms with E-state index in [9.17, 15) is 33.4 Å². The number of sulfonamides is 1. The van der Waals surface area contributed by atoms with Gasteiger partial charge in [0.2, 0.25) is 0 Å². The largest absolute Gasteiger partial charge is 0.497 e. The van der Waals surface area contributed by atoms with Crippen LogP contribution in [0.1, 0.15) is 5.56 Å². The Balaban J connectivity index is 1.96. The van der Waals surface area contributed by atoms with Gasteiger partial charge in [-0.2, -0.15) is 5.10 Å². The van der Waals surface area contributed by atoms with Crippen LogP contribution in [0.25, 0.3) is 0 Å². The zero-order valence-electron chi connectivity index (χ0n) is 20.0. The second-order valence-electron chi connectivity index (χ2n) is 7.42. The van der Waals surface area contributed by atoms with E-state index in [0.717, 1.165) is 12.1 Å². The highest BCUT2D eigenvalue weighted by Gasteiger charge is 2.34. The highest BCUT2D eigenvalue weighted by Crippen LogP contribution is 2.37. The van der Waals surface area contributed by atoms with Crippen LogP contribution in [-0.2, 0) is 14.8 Å². The number of hydrogen-bond donors (Lipinski definition) is 1. The van der Waals surface area contributed by atoms with E-state index in [0.29, 0.717) is 15.6 Å². The van der Waals surface area contributed by atoms with Gasteiger partial charge >= 0.3 is 0 Å². The van der Waals surface area contributed by atoms with Crippen LogP contribution >= 0.6 is 0 Å². The smallest absolute Gasteiger partial charge is 0.289 e. The van der Waals surface area contributed by atoms with Crippen LogP contribution in [0.15, 0.2) is 76.7 Å². The lowest BCUT2D eigenvalue weighted by molar-refractivity contribution is -0.387. The van der Waals surface area contributed by atoms with Gasteiger partial charge in [0.25, 0.3) is 27.3 Å². The lowest BCUT2D eigenvalue weighted by atomic mass is 10.2. The quantitative estimate of drug-likeness (QED) is 0.216. The summed E-state index contributed by atoms with van der Waals surface area (Å²) < 4.78 is 38.4. The average Bonchev–Trinajstić information content (AvgIpc) is 2.91. The van der Waals surface area contributed by atoms with Crippen molar-refractivity contribution in [2.45, 2.75) is 4.90 Å². The molecule has 198 valence electrons. The summed E-state index contributed by atoms with van der Waals surface area (Å²) in [6, 6.07) is 14.2. The van der Waals surface area contributed by atoms with Gasteiger partial charge < -0.3 is 9.47 Å². The first kappa shape index (κ1) is 27.5. The van der Waals surface area contributed by atoms with Crippen molar-refractivity contribution in [3.63, 3.8) is 0 Å². The number of hydrazone groups is 1. The first-order valence-corrected chi connectivity index (χ1v) is 12.1. The third-order valence-electron chi connectivity index (χ3n) is 5.08. The summed E-state index contributed by atoms with van der Waals surface area (Å²) in [5.74, 6) is -0.525. The molecule has 0 aliphatic rings. The Bertz CT molecular complexity index is 1490. The molecule has 0 saturated carbocycles. The molecule has 0 saturated heterocycles. The van der Waals surface area contributed by atoms with Crippen LogP contribution in [0, 0.1) is 20.2 Å². The van der Waals surface area contributed by atoms with Crippen LogP contribution in [0.3, 0.4) is 0 Å². The van der Waals surface area contributed by atoms with Crippen molar-refractivity contribution in [3.8, 4) is 11.5 Å². The topological polar surface area (TPSA) is 184 Å². The Morgan fingerprint density at radius 2 is 1.68 bits per heavy atom. The molecule has 0 atom stereocenters. The molecule has 0 fully saturated rings. The highest BCUT2D eigenvalue weighted by molar-refractivity contribution is 7.93. The lowest BCUT2D eigenvalue weighted by Gasteiger charge is -2.25. The summed E-state index contributed by atoms with van der Waals surface area (Å²) in [7, 11) is -2.00. The number of anilines is 1. The molecule has 0 spiro atoms. The van der Waals surface area contributed by atoms with Gasteiger partial charge in [-0.1, -0.05) is 12.1 Å². The van der Waals surface area contributed by atoms with Crippen molar-refractivity contribution in [1.82, 2.24) is 5.43 Å². The van der Waals surface area contributed by atoms with Crippen molar-refractivity contribution >= 4 is 39.2 Å². The Hall–Kier alpha value is -5.05. The molecule has 3 rings (SSSR count). The van der Waals surface area contributed by atoms with Gasteiger partial charge in [-0.3, -0.25) is 29.3 Å². The summed E-state index contributed by atoms with van der Waals surface area (Å²) in [5, 5.41) is 26.1. The Morgan fingerprint density at radius 3 is 2.29 bits per heavy atom. The van der Waals surface area contributed by atoms with Crippen molar-refractivity contribution in [2.24, 2.45) is 5.10 Å². The normalized spacial score (nSPS) is 11.1. The zero-order valence-corrected chi connectivity index (χ0v) is 20.8. The van der Waals surface area contributed by atoms with Gasteiger partial charge in [-0.05, 0) is 35.9 Å². The van der Waals surface area contributed by atoms with Crippen molar-refractivity contribution in [1.29, 1.82) is 0 Å². The molecule has 0 aromatic heterocycles. The van der Waals surface area contributed by atoms with Crippen LogP contribution in [0.2, 0.25) is 0 Å². The van der Waals surface area contributed by atoms with Crippen molar-refractivity contribution in [2.75, 3.05) is 25.1 Å². The van der Waals surface area contributed by atoms with Crippen LogP contribution in [0.4, 0.5) is 17.1 Å². The SMILES string of the molecule is COc1ccc(N(CC(=O)N/N=C\c2ccc([N+](=O)[O-])cc2)S(=O)(=O)c2ccccc2[N+](=O)[O-])c(OC)c1. The monoisotopic (exact) mass is 543 g/mol. The summed E-state index contributed by atoms with van der Waals surface area (Å²) >= 11 is 0. The molecular weight excluding hydrogens is 522 g/mol. The van der Waals surface area contributed by atoms with E-state index >= 15 is 0 Å². The number of non-ortho nitro benzene ring substituents is 1. The zero-order chi connectivity index (χ0) is 27.9. The number of hydrogen-bond acceptors (Lipinski definition) is 10. The fraction of sp³-hybridized carbons (Fsp3) is 0.130. The minimum atomic E-state index is -4.67. The molecule has 1 amide bonds. The molecule has 0 aliphatic heterocycles. The minimum absolute atomic E-state index is 0.0219. The number of benzene rings is 3. The number of nitro groups is 2. The standard InChI is InChI=1S/C23H21N5O9S/c1-36-18-11-12-19(21(13-18)37-2)26(38(34,35)22-6-4-3-5-20(22)28(32)33)15-23(29)25-24-14-16-7-9-17(10-8-16)27(30)31/h3-14H,15H2,1-2H3,(H,25,29)/b24-14-. The van der Waals surface area contributed by atoms with E-state index in [2.05, 4.69) is 10.5 Å². The molecule has 3 aromatic carbocycles. The number of nitro benzene ring substituents is 2. The average molecular weight is 544 g/mol. The fourth-order valence-electron chi connectivity index (χ4n) is 3.26. The van der Waals surface area contributed by atoms with Gasteiger partial charge in [-0.25, -0.2) is 13.8 Å². The highest BCUT2D eigenvalue weighted by atomic mass is 32.2. The van der Waals surface area contributed by atoms with Gasteiger partial charge in [0.05, 0.1) is 36.0 Å². The molecule has 0 radical (unpaired) electrons. The molecule has 1 N–H and O–H groups in total. The maximum Gasteiger partial charge on any atom is 0.289 e. The summed E-state index contributed by atoms with van der Waals surface area (Å²) in [4.78, 5) is 33.0. The number of nitrogens with zero attached hydrogens (tertiary/aromatic N) is 4. The van der Waals surface area contributed by atoms with Gasteiger partial charge in [0.1, 0.15) is 18.0 Å². The number of nitrogens with one attached hydrogen (secondary N) is 1. The number of carbonyl (C=O) groups excluding carboxylic acids is 1. The maximum absolute atomic E-state index is 13.7. The second-order valence-corrected chi connectivity index (χ2v) is 9.25. The van der Waals surface area contributed by atoms with Gasteiger partial charge in [0, 0.05) is 24.3 Å². The first-order chi connectivity index (χ1) is 18.1. The predicted molar refractivity (Wildman–Crippen MR) is 136 cm³/mol. The fourth-order valence-corrected chi connectivity index (χ4v) is 4.85. The van der Waals surface area contributed by atoms with E-state index < -0.39 is 42.9 Å². The summed E-state index contributed by atoms with van der Waals surface area (Å²) in [5.41, 5.74) is 1.72. The van der Waals surface area contributed by atoms with E-state index in [1.165, 1.54) is 75.0 Å². The van der Waals surface area contributed by atoms with Crippen LogP contribution in [-0.4, -0.2) is 51.2 Å². The van der Waals surface area contributed by atoms with Gasteiger partial charge in [-0.15, -0.1) is 0 Å². The third-order valence-corrected chi connectivity index (χ3v) is 6.89. The van der Waals surface area contributed by atoms with E-state index in [4.69, 9.17) is 9.47 Å². The molecule has 38 heavy (non-hydrogen) atoms. The number of para-hydroxylation sites is 1. The number of ether oxygens (including phenoxy) is 2. The van der Waals surface area contributed by atoms with Gasteiger partial charge in [0.15, 0.2) is 4.90 Å². The minimum Gasteiger partial charge on any atom is -0.497 e. The Labute approximate surface area is 216 Å². The molecule has 0 bridgehead atoms. The molecule has 3 aromatic rings. The summed E-state index contributed by atoms with van der Waals surface area (Å²) in [6.07, 6.45) is 1.20. The van der Waals surface area contributed by atoms with Crippen molar-refractivity contribution < 1.29 is 32.5 Å². The maximum atomic E-state index is 13.7. The molecule has 0 heterocycles. The Morgan fingerprint density at radius 1 is 1.00 bits per heavy atom. The molecule has 0 unspecified atom stereocenters. The Kier molecular flexibility index (Phi) is 8.54. The molecule has 15 heteroatoms. The predicted octanol–water partition coefficient (Wildman–Crippen LogP) is 2.87. The summed E-state index contributed by atoms with van der Waals surface area (Å²) in [6.45, 7) is -0.825. The molecular formula is C23H21N5O9S. The van der Waals surface area contributed by atoms with E-state index in [1.807, 2.05) is 0 Å². The molecule has 0 aliphatic carbocycles. The van der Waals surface area contributed by atoms with Crippen LogP contribution in [0.5, 0.6) is 11.5 Å². The lowest BCUT2D eigenvalue weighted by Crippen LogP contribution is -2.40. The number of carbonyl (C=O) groups is 1. The second kappa shape index (κ2) is 11.8. The molecule has 14 nitrogen and oxygen atoms in total. The van der Waals surface area contributed by atoms with E-state index in [1.54, 1.807) is 0 Å². The number of rotatable bonds is 11. The first-order valence-electron chi connectivity index (χ1n) is 10.6. The number of amides is 1. The van der Waals surface area contributed by atoms with Crippen molar-refractivity contribution in [3.05, 3.63) is 92.5 Å². The van der Waals surface area contributed by atoms with Crippen LogP contribution < -0.4 is 19.2 Å². The number of methoxy groups -OCH3 is 2. The van der Waals surface area contributed by atoms with E-state index in [-0.39, 0.29) is 17.1 Å². The third kappa shape index (κ3) is 6.19.